The van der Waals surface area contributed by atoms with E-state index >= 15 is 0 Å². The number of unbranched alkanes of at least 4 members (excludes halogenated alkanes) is 1. The summed E-state index contributed by atoms with van der Waals surface area (Å²) in [5, 5.41) is 0.754. The third-order valence-electron chi connectivity index (χ3n) is 3.24. The standard InChI is InChI=1S/C18H23ClO2/c1-18(2,13-6-4-5-7-17(20)21-3)14-12-15-8-10-16(19)11-9-15/h5,7-12,14H,4,6,13H2,1-3H3. The summed E-state index contributed by atoms with van der Waals surface area (Å²) in [5.41, 5.74) is 1.27. The van der Waals surface area contributed by atoms with Gasteiger partial charge in [-0.2, -0.15) is 0 Å². The Morgan fingerprint density at radius 1 is 1.29 bits per heavy atom. The molecule has 0 heterocycles. The predicted molar refractivity (Wildman–Crippen MR) is 89.3 cm³/mol. The highest BCUT2D eigenvalue weighted by molar-refractivity contribution is 6.30. The minimum atomic E-state index is -0.295. The van der Waals surface area contributed by atoms with Gasteiger partial charge in [-0.05, 0) is 42.4 Å². The Bertz CT molecular complexity index is 498. The van der Waals surface area contributed by atoms with Crippen LogP contribution >= 0.6 is 11.6 Å². The van der Waals surface area contributed by atoms with E-state index in [-0.39, 0.29) is 11.4 Å². The molecule has 0 aliphatic carbocycles. The van der Waals surface area contributed by atoms with E-state index in [2.05, 4.69) is 30.7 Å². The van der Waals surface area contributed by atoms with E-state index in [9.17, 15) is 4.79 Å². The van der Waals surface area contributed by atoms with Gasteiger partial charge < -0.3 is 4.74 Å². The molecule has 0 bridgehead atoms. The zero-order valence-corrected chi connectivity index (χ0v) is 13.7. The maximum atomic E-state index is 10.9. The molecule has 114 valence electrons. The number of esters is 1. The van der Waals surface area contributed by atoms with Crippen molar-refractivity contribution >= 4 is 23.6 Å². The van der Waals surface area contributed by atoms with Gasteiger partial charge in [0.1, 0.15) is 0 Å². The Hall–Kier alpha value is -1.54. The zero-order valence-electron chi connectivity index (χ0n) is 12.9. The van der Waals surface area contributed by atoms with Crippen LogP contribution < -0.4 is 0 Å². The summed E-state index contributed by atoms with van der Waals surface area (Å²) in [6.07, 6.45) is 10.7. The lowest BCUT2D eigenvalue weighted by atomic mass is 9.86. The van der Waals surface area contributed by atoms with Crippen LogP contribution in [0.3, 0.4) is 0 Å². The van der Waals surface area contributed by atoms with Crippen molar-refractivity contribution < 1.29 is 9.53 Å². The lowest BCUT2D eigenvalue weighted by Crippen LogP contribution is -2.06. The molecule has 0 radical (unpaired) electrons. The minimum Gasteiger partial charge on any atom is -0.466 e. The minimum absolute atomic E-state index is 0.124. The van der Waals surface area contributed by atoms with Crippen molar-refractivity contribution in [2.45, 2.75) is 33.1 Å². The zero-order chi connectivity index (χ0) is 15.7. The highest BCUT2D eigenvalue weighted by atomic mass is 35.5. The summed E-state index contributed by atoms with van der Waals surface area (Å²) in [6, 6.07) is 7.81. The molecule has 0 aromatic heterocycles. The smallest absolute Gasteiger partial charge is 0.330 e. The van der Waals surface area contributed by atoms with Gasteiger partial charge in [-0.3, -0.25) is 0 Å². The van der Waals surface area contributed by atoms with Crippen molar-refractivity contribution in [1.29, 1.82) is 0 Å². The summed E-state index contributed by atoms with van der Waals surface area (Å²) >= 11 is 5.87. The number of carbonyl (C=O) groups is 1. The summed E-state index contributed by atoms with van der Waals surface area (Å²) < 4.78 is 4.55. The van der Waals surface area contributed by atoms with Crippen molar-refractivity contribution in [1.82, 2.24) is 0 Å². The number of hydrogen-bond donors (Lipinski definition) is 0. The summed E-state index contributed by atoms with van der Waals surface area (Å²) in [5.74, 6) is -0.295. The fraction of sp³-hybridized carbons (Fsp3) is 0.389. The Kier molecular flexibility index (Phi) is 7.24. The van der Waals surface area contributed by atoms with Crippen LogP contribution in [0.15, 0.2) is 42.5 Å². The molecule has 0 saturated carbocycles. The van der Waals surface area contributed by atoms with Gasteiger partial charge in [0.15, 0.2) is 0 Å². The Labute approximate surface area is 132 Å². The maximum Gasteiger partial charge on any atom is 0.330 e. The topological polar surface area (TPSA) is 26.3 Å². The molecule has 2 nitrogen and oxygen atoms in total. The van der Waals surface area contributed by atoms with Crippen LogP contribution in [0.4, 0.5) is 0 Å². The first-order valence-corrected chi connectivity index (χ1v) is 7.50. The van der Waals surface area contributed by atoms with Crippen LogP contribution in [0.1, 0.15) is 38.7 Å². The van der Waals surface area contributed by atoms with Gasteiger partial charge in [0.2, 0.25) is 0 Å². The van der Waals surface area contributed by atoms with E-state index in [1.54, 1.807) is 0 Å². The first-order chi connectivity index (χ1) is 9.93. The molecular weight excluding hydrogens is 284 g/mol. The lowest BCUT2D eigenvalue weighted by molar-refractivity contribution is -0.134. The Morgan fingerprint density at radius 3 is 2.57 bits per heavy atom. The van der Waals surface area contributed by atoms with E-state index in [1.165, 1.54) is 13.2 Å². The van der Waals surface area contributed by atoms with Crippen molar-refractivity contribution in [3.8, 4) is 0 Å². The first-order valence-electron chi connectivity index (χ1n) is 7.12. The summed E-state index contributed by atoms with van der Waals surface area (Å²) in [7, 11) is 1.39. The van der Waals surface area contributed by atoms with Gasteiger partial charge in [-0.1, -0.05) is 55.8 Å². The second kappa shape index (κ2) is 8.68. The van der Waals surface area contributed by atoms with Crippen molar-refractivity contribution in [2.24, 2.45) is 5.41 Å². The fourth-order valence-corrected chi connectivity index (χ4v) is 2.03. The molecule has 1 aromatic carbocycles. The quantitative estimate of drug-likeness (QED) is 0.389. The predicted octanol–water partition coefficient (Wildman–Crippen LogP) is 5.28. The molecule has 0 amide bonds. The molecule has 3 heteroatoms. The monoisotopic (exact) mass is 306 g/mol. The van der Waals surface area contributed by atoms with Crippen LogP contribution in [0.2, 0.25) is 5.02 Å². The molecule has 1 aromatic rings. The Balaban J connectivity index is 2.41. The highest BCUT2D eigenvalue weighted by Gasteiger charge is 2.12. The van der Waals surface area contributed by atoms with Crippen LogP contribution in [-0.4, -0.2) is 13.1 Å². The SMILES string of the molecule is COC(=O)C=CCCCC(C)(C)C=Cc1ccc(Cl)cc1. The molecule has 21 heavy (non-hydrogen) atoms. The number of hydrogen-bond acceptors (Lipinski definition) is 2. The highest BCUT2D eigenvalue weighted by Crippen LogP contribution is 2.26. The summed E-state index contributed by atoms with van der Waals surface area (Å²) in [4.78, 5) is 10.9. The van der Waals surface area contributed by atoms with Crippen molar-refractivity contribution in [3.05, 3.63) is 53.1 Å². The molecule has 0 unspecified atom stereocenters. The van der Waals surface area contributed by atoms with Gasteiger partial charge in [0.05, 0.1) is 7.11 Å². The lowest BCUT2D eigenvalue weighted by Gasteiger charge is -2.19. The maximum absolute atomic E-state index is 10.9. The van der Waals surface area contributed by atoms with Crippen LogP contribution in [0.25, 0.3) is 6.08 Å². The van der Waals surface area contributed by atoms with E-state index in [4.69, 9.17) is 11.6 Å². The number of ether oxygens (including phenoxy) is 1. The second-order valence-electron chi connectivity index (χ2n) is 5.69. The Morgan fingerprint density at radius 2 is 1.95 bits per heavy atom. The normalized spacial score (nSPS) is 12.2. The molecule has 0 atom stereocenters. The summed E-state index contributed by atoms with van der Waals surface area (Å²) in [6.45, 7) is 4.42. The number of benzene rings is 1. The van der Waals surface area contributed by atoms with Gasteiger partial charge in [0, 0.05) is 11.1 Å². The van der Waals surface area contributed by atoms with Crippen LogP contribution in [-0.2, 0) is 9.53 Å². The van der Waals surface area contributed by atoms with Gasteiger partial charge in [0.25, 0.3) is 0 Å². The van der Waals surface area contributed by atoms with Crippen molar-refractivity contribution in [2.75, 3.05) is 7.11 Å². The number of carbonyl (C=O) groups excluding carboxylic acids is 1. The van der Waals surface area contributed by atoms with E-state index in [0.717, 1.165) is 29.8 Å². The number of halogens is 1. The number of allylic oxidation sites excluding steroid dienone is 2. The van der Waals surface area contributed by atoms with E-state index in [1.807, 2.05) is 30.3 Å². The molecule has 1 rings (SSSR count). The van der Waals surface area contributed by atoms with Crippen LogP contribution in [0, 0.1) is 5.41 Å². The largest absolute Gasteiger partial charge is 0.466 e. The van der Waals surface area contributed by atoms with Gasteiger partial charge in [-0.15, -0.1) is 0 Å². The van der Waals surface area contributed by atoms with Crippen molar-refractivity contribution in [3.63, 3.8) is 0 Å². The van der Waals surface area contributed by atoms with Crippen LogP contribution in [0.5, 0.6) is 0 Å². The first kappa shape index (κ1) is 17.5. The second-order valence-corrected chi connectivity index (χ2v) is 6.13. The molecule has 0 fully saturated rings. The van der Waals surface area contributed by atoms with E-state index in [0.29, 0.717) is 0 Å². The van der Waals surface area contributed by atoms with Gasteiger partial charge >= 0.3 is 5.97 Å². The molecule has 0 spiro atoms. The molecule has 0 saturated heterocycles. The van der Waals surface area contributed by atoms with Gasteiger partial charge in [-0.25, -0.2) is 4.79 Å². The number of rotatable bonds is 7. The average Bonchev–Trinajstić information content (AvgIpc) is 2.46. The third-order valence-corrected chi connectivity index (χ3v) is 3.50. The molecular formula is C18H23ClO2. The third kappa shape index (κ3) is 7.72. The number of methoxy groups -OCH3 is 1. The fourth-order valence-electron chi connectivity index (χ4n) is 1.90. The molecule has 0 aliphatic heterocycles. The molecule has 0 aliphatic rings. The average molecular weight is 307 g/mol. The van der Waals surface area contributed by atoms with E-state index < -0.39 is 0 Å². The molecule has 0 N–H and O–H groups in total.